The molecule has 0 bridgehead atoms. The van der Waals surface area contributed by atoms with E-state index in [-0.39, 0.29) is 24.0 Å². The van der Waals surface area contributed by atoms with Crippen LogP contribution >= 0.6 is 0 Å². The molecule has 7 heteroatoms. The van der Waals surface area contributed by atoms with Gasteiger partial charge in [-0.3, -0.25) is 0 Å². The maximum absolute atomic E-state index is 13.1. The number of hydrogen-bond donors (Lipinski definition) is 3. The van der Waals surface area contributed by atoms with Crippen LogP contribution < -0.4 is 17.2 Å². The third kappa shape index (κ3) is 3.19. The maximum Gasteiger partial charge on any atom is 0.218 e. The van der Waals surface area contributed by atoms with E-state index in [0.717, 1.165) is 12.1 Å². The lowest BCUT2D eigenvalue weighted by atomic mass is 10.2. The second-order valence-corrected chi connectivity index (χ2v) is 2.91. The topological polar surface area (TPSA) is 103 Å². The van der Waals surface area contributed by atoms with Crippen molar-refractivity contribution in [2.75, 3.05) is 0 Å². The summed E-state index contributed by atoms with van der Waals surface area (Å²) < 4.78 is 26.3. The van der Waals surface area contributed by atoms with Gasteiger partial charge in [0.1, 0.15) is 11.6 Å². The third-order valence-electron chi connectivity index (χ3n) is 1.70. The van der Waals surface area contributed by atoms with Crippen LogP contribution in [-0.4, -0.2) is 11.9 Å². The first-order valence-electron chi connectivity index (χ1n) is 4.33. The Hall–Kier alpha value is -2.18. The number of halogens is 2. The first-order valence-corrected chi connectivity index (χ1v) is 4.33. The van der Waals surface area contributed by atoms with Gasteiger partial charge in [-0.05, 0) is 12.1 Å². The normalized spacial score (nSPS) is 11.2. The van der Waals surface area contributed by atoms with E-state index in [1.165, 1.54) is 6.07 Å². The summed E-state index contributed by atoms with van der Waals surface area (Å²) in [6.07, 6.45) is 0. The molecule has 0 radical (unpaired) electrons. The molecule has 0 heterocycles. The number of hydrogen-bond acceptors (Lipinski definition) is 1. The van der Waals surface area contributed by atoms with Gasteiger partial charge >= 0.3 is 0 Å². The maximum atomic E-state index is 13.1. The van der Waals surface area contributed by atoms with Gasteiger partial charge in [-0.25, -0.2) is 13.8 Å². The lowest BCUT2D eigenvalue weighted by Crippen LogP contribution is -2.26. The Bertz CT molecular complexity index is 417. The highest BCUT2D eigenvalue weighted by Gasteiger charge is 2.07. The summed E-state index contributed by atoms with van der Waals surface area (Å²) in [6.45, 7) is -0.263. The first kappa shape index (κ1) is 11.9. The number of guanidine groups is 2. The largest absolute Gasteiger partial charge is 0.370 e. The van der Waals surface area contributed by atoms with Crippen LogP contribution in [0.2, 0.25) is 0 Å². The Morgan fingerprint density at radius 3 is 2.19 bits per heavy atom. The summed E-state index contributed by atoms with van der Waals surface area (Å²) in [4.78, 5) is 7.03. The number of aliphatic imine (C=N–C) groups is 2. The fourth-order valence-electron chi connectivity index (χ4n) is 1.01. The molecule has 0 saturated heterocycles. The Morgan fingerprint density at radius 1 is 1.12 bits per heavy atom. The van der Waals surface area contributed by atoms with Gasteiger partial charge in [0.15, 0.2) is 5.96 Å². The minimum absolute atomic E-state index is 0.184. The van der Waals surface area contributed by atoms with Crippen LogP contribution in [0.4, 0.5) is 8.78 Å². The molecule has 0 atom stereocenters. The summed E-state index contributed by atoms with van der Waals surface area (Å²) in [7, 11) is 0. The van der Waals surface area contributed by atoms with E-state index >= 15 is 0 Å². The highest BCUT2D eigenvalue weighted by Crippen LogP contribution is 2.12. The lowest BCUT2D eigenvalue weighted by molar-refractivity contribution is 0.557. The molecule has 0 aliphatic carbocycles. The fraction of sp³-hybridized carbons (Fsp3) is 0.111. The van der Waals surface area contributed by atoms with E-state index in [2.05, 4.69) is 9.98 Å². The zero-order valence-electron chi connectivity index (χ0n) is 8.32. The summed E-state index contributed by atoms with van der Waals surface area (Å²) >= 11 is 0. The van der Waals surface area contributed by atoms with Gasteiger partial charge in [0.25, 0.3) is 0 Å². The minimum atomic E-state index is -0.693. The van der Waals surface area contributed by atoms with Crippen LogP contribution in [0.1, 0.15) is 5.56 Å². The van der Waals surface area contributed by atoms with Crippen molar-refractivity contribution < 1.29 is 8.78 Å². The Labute approximate surface area is 90.7 Å². The third-order valence-corrected chi connectivity index (χ3v) is 1.70. The van der Waals surface area contributed by atoms with E-state index < -0.39 is 11.6 Å². The molecule has 86 valence electrons. The van der Waals surface area contributed by atoms with Gasteiger partial charge in [-0.1, -0.05) is 6.07 Å². The highest BCUT2D eigenvalue weighted by atomic mass is 19.1. The van der Waals surface area contributed by atoms with Crippen molar-refractivity contribution in [1.29, 1.82) is 0 Å². The van der Waals surface area contributed by atoms with Gasteiger partial charge in [0.2, 0.25) is 5.96 Å². The zero-order valence-corrected chi connectivity index (χ0v) is 8.32. The van der Waals surface area contributed by atoms with Crippen LogP contribution in [0.5, 0.6) is 0 Å². The van der Waals surface area contributed by atoms with Crippen molar-refractivity contribution in [3.63, 3.8) is 0 Å². The van der Waals surface area contributed by atoms with Crippen molar-refractivity contribution in [1.82, 2.24) is 0 Å². The molecule has 5 nitrogen and oxygen atoms in total. The van der Waals surface area contributed by atoms with Gasteiger partial charge in [0.05, 0.1) is 6.54 Å². The first-order chi connectivity index (χ1) is 7.50. The minimum Gasteiger partial charge on any atom is -0.370 e. The summed E-state index contributed by atoms with van der Waals surface area (Å²) in [5.41, 5.74) is 15.2. The molecular formula is C9H11F2N5. The molecule has 0 unspecified atom stereocenters. The quantitative estimate of drug-likeness (QED) is 0.491. The number of nitrogens with zero attached hydrogens (tertiary/aromatic N) is 2. The van der Waals surface area contributed by atoms with Crippen molar-refractivity contribution in [3.8, 4) is 0 Å². The molecule has 0 saturated carbocycles. The Morgan fingerprint density at radius 2 is 1.69 bits per heavy atom. The van der Waals surface area contributed by atoms with Crippen LogP contribution in [-0.2, 0) is 6.54 Å². The van der Waals surface area contributed by atoms with E-state index in [0.29, 0.717) is 0 Å². The summed E-state index contributed by atoms with van der Waals surface area (Å²) in [6, 6.07) is 3.52. The van der Waals surface area contributed by atoms with Gasteiger partial charge < -0.3 is 17.2 Å². The van der Waals surface area contributed by atoms with Gasteiger partial charge in [-0.15, -0.1) is 0 Å². The molecule has 0 aliphatic rings. The van der Waals surface area contributed by atoms with Gasteiger partial charge in [0, 0.05) is 5.56 Å². The van der Waals surface area contributed by atoms with Crippen molar-refractivity contribution in [2.24, 2.45) is 27.2 Å². The summed E-state index contributed by atoms with van der Waals surface area (Å²) in [5.74, 6) is -1.89. The number of nitrogens with two attached hydrogens (primary N) is 3. The number of rotatable bonds is 2. The summed E-state index contributed by atoms with van der Waals surface area (Å²) in [5, 5.41) is 0. The van der Waals surface area contributed by atoms with Crippen LogP contribution in [0.25, 0.3) is 0 Å². The Kier molecular flexibility index (Phi) is 3.76. The SMILES string of the molecule is NC(N)=NC(N)=NCc1c(F)cccc1F. The molecule has 1 aromatic rings. The molecule has 1 rings (SSSR count). The second kappa shape index (κ2) is 5.06. The predicted octanol–water partition coefficient (Wildman–Crippen LogP) is 0.0529. The average molecular weight is 227 g/mol. The molecule has 0 fully saturated rings. The highest BCUT2D eigenvalue weighted by molar-refractivity contribution is 5.92. The number of benzene rings is 1. The fourth-order valence-corrected chi connectivity index (χ4v) is 1.01. The average Bonchev–Trinajstić information content (AvgIpc) is 2.15. The van der Waals surface area contributed by atoms with Crippen LogP contribution in [0.3, 0.4) is 0 Å². The van der Waals surface area contributed by atoms with E-state index in [9.17, 15) is 8.78 Å². The van der Waals surface area contributed by atoms with Crippen molar-refractivity contribution in [2.45, 2.75) is 6.54 Å². The van der Waals surface area contributed by atoms with Crippen LogP contribution in [0, 0.1) is 11.6 Å². The molecule has 1 aromatic carbocycles. The lowest BCUT2D eigenvalue weighted by Gasteiger charge is -2.01. The predicted molar refractivity (Wildman–Crippen MR) is 57.5 cm³/mol. The molecule has 16 heavy (non-hydrogen) atoms. The van der Waals surface area contributed by atoms with E-state index in [1.807, 2.05) is 0 Å². The molecule has 0 aliphatic heterocycles. The molecule has 0 amide bonds. The van der Waals surface area contributed by atoms with Crippen LogP contribution in [0.15, 0.2) is 28.2 Å². The van der Waals surface area contributed by atoms with Crippen molar-refractivity contribution in [3.05, 3.63) is 35.4 Å². The van der Waals surface area contributed by atoms with E-state index in [1.54, 1.807) is 0 Å². The van der Waals surface area contributed by atoms with Crippen molar-refractivity contribution >= 4 is 11.9 Å². The zero-order chi connectivity index (χ0) is 12.1. The monoisotopic (exact) mass is 227 g/mol. The second-order valence-electron chi connectivity index (χ2n) is 2.91. The van der Waals surface area contributed by atoms with E-state index in [4.69, 9.17) is 17.2 Å². The molecular weight excluding hydrogens is 216 g/mol. The molecule has 0 spiro atoms. The molecule has 0 aromatic heterocycles. The van der Waals surface area contributed by atoms with Gasteiger partial charge in [-0.2, -0.15) is 4.99 Å². The Balaban J connectivity index is 2.86. The molecule has 6 N–H and O–H groups in total. The standard InChI is InChI=1S/C9H11F2N5/c10-6-2-1-3-7(11)5(6)4-15-9(14)16-8(12)13/h1-3H,4H2,(H6,12,13,14,15,16). The smallest absolute Gasteiger partial charge is 0.218 e.